The zero-order valence-electron chi connectivity index (χ0n) is 8.21. The Morgan fingerprint density at radius 1 is 1.54 bits per heavy atom. The van der Waals surface area contributed by atoms with E-state index >= 15 is 0 Å². The van der Waals surface area contributed by atoms with Gasteiger partial charge in [-0.05, 0) is 26.3 Å². The fourth-order valence-corrected chi connectivity index (χ4v) is 1.51. The average molecular weight is 177 g/mol. The van der Waals surface area contributed by atoms with Crippen molar-refractivity contribution in [1.29, 1.82) is 0 Å². The molecule has 0 spiro atoms. The van der Waals surface area contributed by atoms with Gasteiger partial charge >= 0.3 is 0 Å². The monoisotopic (exact) mass is 177 g/mol. The molecule has 2 nitrogen and oxygen atoms in total. The SMILES string of the molecule is C=CCCn1c(C)cc(C=O)c1C. The van der Waals surface area contributed by atoms with E-state index in [1.807, 2.05) is 26.0 Å². The van der Waals surface area contributed by atoms with Gasteiger partial charge in [-0.15, -0.1) is 6.58 Å². The second-order valence-electron chi connectivity index (χ2n) is 3.17. The van der Waals surface area contributed by atoms with E-state index in [-0.39, 0.29) is 0 Å². The van der Waals surface area contributed by atoms with Crippen molar-refractivity contribution in [3.63, 3.8) is 0 Å². The number of rotatable bonds is 4. The smallest absolute Gasteiger partial charge is 0.151 e. The van der Waals surface area contributed by atoms with E-state index in [9.17, 15) is 4.79 Å². The highest BCUT2D eigenvalue weighted by molar-refractivity contribution is 5.77. The molecule has 0 N–H and O–H groups in total. The predicted octanol–water partition coefficient (Wildman–Crippen LogP) is 2.49. The van der Waals surface area contributed by atoms with Gasteiger partial charge in [-0.3, -0.25) is 4.79 Å². The number of aldehydes is 1. The molecule has 13 heavy (non-hydrogen) atoms. The van der Waals surface area contributed by atoms with Crippen molar-refractivity contribution in [2.45, 2.75) is 26.8 Å². The molecule has 0 bridgehead atoms. The number of nitrogens with zero attached hydrogens (tertiary/aromatic N) is 1. The Morgan fingerprint density at radius 3 is 2.69 bits per heavy atom. The maximum Gasteiger partial charge on any atom is 0.151 e. The Morgan fingerprint density at radius 2 is 2.23 bits per heavy atom. The molecule has 70 valence electrons. The summed E-state index contributed by atoms with van der Waals surface area (Å²) < 4.78 is 2.14. The quantitative estimate of drug-likeness (QED) is 0.511. The molecule has 0 aliphatic rings. The van der Waals surface area contributed by atoms with Gasteiger partial charge in [0.05, 0.1) is 0 Å². The van der Waals surface area contributed by atoms with Crippen LogP contribution in [0.1, 0.15) is 28.2 Å². The highest BCUT2D eigenvalue weighted by Crippen LogP contribution is 2.13. The maximum atomic E-state index is 10.6. The molecule has 0 aliphatic carbocycles. The normalized spacial score (nSPS) is 10.0. The lowest BCUT2D eigenvalue weighted by atomic mass is 10.3. The third-order valence-electron chi connectivity index (χ3n) is 2.30. The van der Waals surface area contributed by atoms with E-state index in [0.29, 0.717) is 0 Å². The highest BCUT2D eigenvalue weighted by Gasteiger charge is 2.06. The summed E-state index contributed by atoms with van der Waals surface area (Å²) in [5.41, 5.74) is 2.98. The Kier molecular flexibility index (Phi) is 3.07. The van der Waals surface area contributed by atoms with Gasteiger partial charge in [0, 0.05) is 23.5 Å². The third-order valence-corrected chi connectivity index (χ3v) is 2.30. The van der Waals surface area contributed by atoms with Gasteiger partial charge in [-0.1, -0.05) is 6.08 Å². The minimum absolute atomic E-state index is 0.793. The molecule has 0 unspecified atom stereocenters. The van der Waals surface area contributed by atoms with E-state index in [1.165, 1.54) is 0 Å². The first-order valence-corrected chi connectivity index (χ1v) is 4.43. The van der Waals surface area contributed by atoms with Crippen molar-refractivity contribution in [3.8, 4) is 0 Å². The Labute approximate surface area is 78.9 Å². The average Bonchev–Trinajstić information content (AvgIpc) is 2.39. The van der Waals surface area contributed by atoms with Crippen LogP contribution >= 0.6 is 0 Å². The zero-order valence-corrected chi connectivity index (χ0v) is 8.21. The van der Waals surface area contributed by atoms with Crippen LogP contribution in [-0.2, 0) is 6.54 Å². The summed E-state index contributed by atoms with van der Waals surface area (Å²) in [6.45, 7) is 8.58. The predicted molar refractivity (Wildman–Crippen MR) is 54.1 cm³/mol. The first-order chi connectivity index (χ1) is 6.20. The Bertz CT molecular complexity index is 323. The second-order valence-corrected chi connectivity index (χ2v) is 3.17. The molecule has 0 atom stereocenters. The molecule has 0 aliphatic heterocycles. The van der Waals surface area contributed by atoms with E-state index in [2.05, 4.69) is 11.1 Å². The standard InChI is InChI=1S/C11H15NO/c1-4-5-6-12-9(2)7-11(8-13)10(12)3/h4,7-8H,1,5-6H2,2-3H3. The van der Waals surface area contributed by atoms with Gasteiger partial charge in [0.1, 0.15) is 0 Å². The van der Waals surface area contributed by atoms with Gasteiger partial charge in [-0.2, -0.15) is 0 Å². The first kappa shape index (κ1) is 9.78. The van der Waals surface area contributed by atoms with Crippen LogP contribution < -0.4 is 0 Å². The van der Waals surface area contributed by atoms with E-state index in [1.54, 1.807) is 0 Å². The van der Waals surface area contributed by atoms with Gasteiger partial charge < -0.3 is 4.57 Å². The minimum Gasteiger partial charge on any atom is -0.348 e. The molecule has 0 aromatic carbocycles. The van der Waals surface area contributed by atoms with Crippen LogP contribution in [0.3, 0.4) is 0 Å². The molecular formula is C11H15NO. The molecule has 0 fully saturated rings. The second kappa shape index (κ2) is 4.08. The molecule has 0 saturated heterocycles. The van der Waals surface area contributed by atoms with Gasteiger partial charge in [0.2, 0.25) is 0 Å². The molecule has 1 aromatic rings. The number of aromatic nitrogens is 1. The van der Waals surface area contributed by atoms with E-state index in [4.69, 9.17) is 0 Å². The van der Waals surface area contributed by atoms with Gasteiger partial charge in [0.25, 0.3) is 0 Å². The van der Waals surface area contributed by atoms with Crippen molar-refractivity contribution in [3.05, 3.63) is 35.7 Å². The summed E-state index contributed by atoms with van der Waals surface area (Å²) in [5, 5.41) is 0. The van der Waals surface area contributed by atoms with E-state index < -0.39 is 0 Å². The zero-order chi connectivity index (χ0) is 9.84. The molecule has 1 heterocycles. The molecule has 2 heteroatoms. The summed E-state index contributed by atoms with van der Waals surface area (Å²) in [6.07, 6.45) is 3.74. The van der Waals surface area contributed by atoms with Crippen LogP contribution in [0.15, 0.2) is 18.7 Å². The van der Waals surface area contributed by atoms with Gasteiger partial charge in [-0.25, -0.2) is 0 Å². The van der Waals surface area contributed by atoms with Gasteiger partial charge in [0.15, 0.2) is 6.29 Å². The van der Waals surface area contributed by atoms with Crippen LogP contribution in [0.25, 0.3) is 0 Å². The largest absolute Gasteiger partial charge is 0.348 e. The van der Waals surface area contributed by atoms with Crippen molar-refractivity contribution in [2.24, 2.45) is 0 Å². The topological polar surface area (TPSA) is 22.0 Å². The lowest BCUT2D eigenvalue weighted by Crippen LogP contribution is -2.01. The number of carbonyl (C=O) groups excluding carboxylic acids is 1. The van der Waals surface area contributed by atoms with Crippen LogP contribution in [0.4, 0.5) is 0 Å². The Hall–Kier alpha value is -1.31. The summed E-state index contributed by atoms with van der Waals surface area (Å²) in [7, 11) is 0. The summed E-state index contributed by atoms with van der Waals surface area (Å²) in [6, 6.07) is 1.92. The number of carbonyl (C=O) groups is 1. The van der Waals surface area contributed by atoms with Crippen molar-refractivity contribution < 1.29 is 4.79 Å². The molecule has 1 rings (SSSR count). The number of hydrogen-bond donors (Lipinski definition) is 0. The molecule has 1 aromatic heterocycles. The molecular weight excluding hydrogens is 162 g/mol. The molecule has 0 saturated carbocycles. The number of hydrogen-bond acceptors (Lipinski definition) is 1. The summed E-state index contributed by atoms with van der Waals surface area (Å²) in [4.78, 5) is 10.6. The Balaban J connectivity index is 2.98. The fourth-order valence-electron chi connectivity index (χ4n) is 1.51. The van der Waals surface area contributed by atoms with Crippen LogP contribution in [0, 0.1) is 13.8 Å². The van der Waals surface area contributed by atoms with Crippen LogP contribution in [0.5, 0.6) is 0 Å². The fraction of sp³-hybridized carbons (Fsp3) is 0.364. The van der Waals surface area contributed by atoms with Crippen molar-refractivity contribution in [2.75, 3.05) is 0 Å². The van der Waals surface area contributed by atoms with E-state index in [0.717, 1.165) is 36.2 Å². The van der Waals surface area contributed by atoms with Crippen molar-refractivity contribution in [1.82, 2.24) is 4.57 Å². The number of aryl methyl sites for hydroxylation is 1. The molecule has 0 radical (unpaired) electrons. The lowest BCUT2D eigenvalue weighted by molar-refractivity contribution is 0.112. The van der Waals surface area contributed by atoms with Crippen LogP contribution in [0.2, 0.25) is 0 Å². The van der Waals surface area contributed by atoms with Crippen molar-refractivity contribution >= 4 is 6.29 Å². The highest BCUT2D eigenvalue weighted by atomic mass is 16.1. The first-order valence-electron chi connectivity index (χ1n) is 4.43. The number of allylic oxidation sites excluding steroid dienone is 1. The minimum atomic E-state index is 0.793. The lowest BCUT2D eigenvalue weighted by Gasteiger charge is -2.06. The molecule has 0 amide bonds. The summed E-state index contributed by atoms with van der Waals surface area (Å²) >= 11 is 0. The third kappa shape index (κ3) is 1.89. The van der Waals surface area contributed by atoms with Crippen LogP contribution in [-0.4, -0.2) is 10.9 Å². The summed E-state index contributed by atoms with van der Waals surface area (Å²) in [5.74, 6) is 0. The maximum absolute atomic E-state index is 10.6.